The molecule has 28 heavy (non-hydrogen) atoms. The Morgan fingerprint density at radius 2 is 1.93 bits per heavy atom. The molecule has 2 N–H and O–H groups in total. The average Bonchev–Trinajstić information content (AvgIpc) is 3.13. The van der Waals surface area contributed by atoms with Crippen LogP contribution in [0, 0.1) is 0 Å². The van der Waals surface area contributed by atoms with Crippen LogP contribution in [0.5, 0.6) is 0 Å². The van der Waals surface area contributed by atoms with E-state index >= 15 is 0 Å². The highest BCUT2D eigenvalue weighted by Gasteiger charge is 2.09. The van der Waals surface area contributed by atoms with Gasteiger partial charge in [-0.15, -0.1) is 10.2 Å². The van der Waals surface area contributed by atoms with E-state index in [9.17, 15) is 9.59 Å². The first-order chi connectivity index (χ1) is 13.7. The summed E-state index contributed by atoms with van der Waals surface area (Å²) >= 11 is 0. The second kappa shape index (κ2) is 7.99. The minimum Gasteiger partial charge on any atom is -0.356 e. The quantitative estimate of drug-likeness (QED) is 0.477. The normalized spacial score (nSPS) is 11.1. The molecule has 1 aromatic carbocycles. The third-order valence-electron chi connectivity index (χ3n) is 4.54. The molecule has 0 radical (unpaired) electrons. The Balaban J connectivity index is 1.26. The molecule has 0 saturated carbocycles. The second-order valence-corrected chi connectivity index (χ2v) is 6.53. The zero-order valence-electron chi connectivity index (χ0n) is 15.3. The Morgan fingerprint density at radius 3 is 2.86 bits per heavy atom. The first-order valence-corrected chi connectivity index (χ1v) is 9.24. The number of para-hydroxylation sites is 2. The molecule has 4 aromatic rings. The molecule has 3 aromatic heterocycles. The molecular formula is C20H20N6O2. The smallest absolute Gasteiger partial charge is 0.270 e. The maximum atomic E-state index is 12.1. The van der Waals surface area contributed by atoms with Gasteiger partial charge in [0.2, 0.25) is 5.91 Å². The van der Waals surface area contributed by atoms with Crippen LogP contribution in [0.25, 0.3) is 16.7 Å². The predicted octanol–water partition coefficient (Wildman–Crippen LogP) is 1.65. The van der Waals surface area contributed by atoms with Gasteiger partial charge in [0.25, 0.3) is 5.56 Å². The predicted molar refractivity (Wildman–Crippen MR) is 105 cm³/mol. The molecule has 0 spiro atoms. The van der Waals surface area contributed by atoms with Gasteiger partial charge in [-0.3, -0.25) is 14.0 Å². The number of amides is 1. The van der Waals surface area contributed by atoms with Crippen molar-refractivity contribution >= 4 is 22.6 Å². The van der Waals surface area contributed by atoms with Crippen molar-refractivity contribution in [2.75, 3.05) is 6.54 Å². The third kappa shape index (κ3) is 3.90. The van der Waals surface area contributed by atoms with Gasteiger partial charge in [-0.05, 0) is 30.7 Å². The monoisotopic (exact) mass is 376 g/mol. The number of aromatic nitrogens is 5. The first kappa shape index (κ1) is 17.8. The Hall–Kier alpha value is -3.55. The summed E-state index contributed by atoms with van der Waals surface area (Å²) in [5.74, 6) is 0.775. The van der Waals surface area contributed by atoms with Crippen LogP contribution in [-0.2, 0) is 17.6 Å². The van der Waals surface area contributed by atoms with Crippen LogP contribution in [0.2, 0.25) is 0 Å². The molecule has 142 valence electrons. The summed E-state index contributed by atoms with van der Waals surface area (Å²) in [6.45, 7) is 0.544. The molecule has 0 saturated heterocycles. The second-order valence-electron chi connectivity index (χ2n) is 6.53. The SMILES string of the molecule is O=C(CCc1nc2ccccc2[nH]c1=O)NCCCc1nnc2ccccn12. The summed E-state index contributed by atoms with van der Waals surface area (Å²) in [6, 6.07) is 13.1. The largest absolute Gasteiger partial charge is 0.356 e. The van der Waals surface area contributed by atoms with E-state index in [4.69, 9.17) is 0 Å². The van der Waals surface area contributed by atoms with E-state index < -0.39 is 0 Å². The average molecular weight is 376 g/mol. The van der Waals surface area contributed by atoms with Gasteiger partial charge in [-0.2, -0.15) is 0 Å². The van der Waals surface area contributed by atoms with Crippen molar-refractivity contribution in [2.24, 2.45) is 0 Å². The van der Waals surface area contributed by atoms with E-state index in [-0.39, 0.29) is 17.9 Å². The Morgan fingerprint density at radius 1 is 1.07 bits per heavy atom. The lowest BCUT2D eigenvalue weighted by Gasteiger charge is -2.05. The van der Waals surface area contributed by atoms with E-state index in [1.165, 1.54) is 0 Å². The van der Waals surface area contributed by atoms with Crippen molar-refractivity contribution in [2.45, 2.75) is 25.7 Å². The van der Waals surface area contributed by atoms with Crippen molar-refractivity contribution in [3.05, 3.63) is 70.5 Å². The maximum Gasteiger partial charge on any atom is 0.270 e. The number of nitrogens with zero attached hydrogens (tertiary/aromatic N) is 4. The molecule has 8 nitrogen and oxygen atoms in total. The summed E-state index contributed by atoms with van der Waals surface area (Å²) in [5.41, 5.74) is 2.36. The number of nitrogens with one attached hydrogen (secondary N) is 2. The number of pyridine rings is 1. The van der Waals surface area contributed by atoms with Crippen LogP contribution >= 0.6 is 0 Å². The number of hydrogen-bond acceptors (Lipinski definition) is 5. The number of carbonyl (C=O) groups is 1. The zero-order chi connectivity index (χ0) is 19.3. The molecule has 0 bridgehead atoms. The highest BCUT2D eigenvalue weighted by molar-refractivity contribution is 5.76. The van der Waals surface area contributed by atoms with Gasteiger partial charge >= 0.3 is 0 Å². The standard InChI is InChI=1S/C20H20N6O2/c27-19(11-10-16-20(28)23-15-7-2-1-6-14(15)22-16)21-12-5-9-18-25-24-17-8-3-4-13-26(17)18/h1-4,6-8,13H,5,9-12H2,(H,21,27)(H,23,28). The molecule has 0 aliphatic carbocycles. The molecule has 0 aliphatic rings. The van der Waals surface area contributed by atoms with Crippen molar-refractivity contribution < 1.29 is 4.79 Å². The molecule has 3 heterocycles. The van der Waals surface area contributed by atoms with Crippen molar-refractivity contribution in [3.8, 4) is 0 Å². The fourth-order valence-corrected chi connectivity index (χ4v) is 3.09. The van der Waals surface area contributed by atoms with Crippen molar-refractivity contribution in [1.29, 1.82) is 0 Å². The fraction of sp³-hybridized carbons (Fsp3) is 0.250. The summed E-state index contributed by atoms with van der Waals surface area (Å²) in [5, 5.41) is 11.2. The van der Waals surface area contributed by atoms with Gasteiger partial charge < -0.3 is 10.3 Å². The molecular weight excluding hydrogens is 356 g/mol. The van der Waals surface area contributed by atoms with Crippen molar-refractivity contribution in [3.63, 3.8) is 0 Å². The number of fused-ring (bicyclic) bond motifs is 2. The summed E-state index contributed by atoms with van der Waals surface area (Å²) in [4.78, 5) is 31.3. The van der Waals surface area contributed by atoms with Crippen LogP contribution in [0.3, 0.4) is 0 Å². The van der Waals surface area contributed by atoms with Crippen LogP contribution in [0.1, 0.15) is 24.4 Å². The van der Waals surface area contributed by atoms with Gasteiger partial charge in [-0.25, -0.2) is 4.98 Å². The van der Waals surface area contributed by atoms with Crippen LogP contribution in [0.4, 0.5) is 0 Å². The van der Waals surface area contributed by atoms with Crippen LogP contribution in [0.15, 0.2) is 53.5 Å². The number of hydrogen-bond donors (Lipinski definition) is 2. The number of aryl methyl sites for hydroxylation is 2. The van der Waals surface area contributed by atoms with E-state index in [1.54, 1.807) is 6.07 Å². The number of benzene rings is 1. The lowest BCUT2D eigenvalue weighted by Crippen LogP contribution is -2.26. The molecule has 4 rings (SSSR count). The summed E-state index contributed by atoms with van der Waals surface area (Å²) < 4.78 is 1.94. The topological polar surface area (TPSA) is 105 Å². The zero-order valence-corrected chi connectivity index (χ0v) is 15.3. The van der Waals surface area contributed by atoms with E-state index in [0.29, 0.717) is 24.2 Å². The minimum atomic E-state index is -0.245. The lowest BCUT2D eigenvalue weighted by molar-refractivity contribution is -0.121. The maximum absolute atomic E-state index is 12.1. The number of H-pyrrole nitrogens is 1. The highest BCUT2D eigenvalue weighted by atomic mass is 16.1. The molecule has 0 atom stereocenters. The van der Waals surface area contributed by atoms with Gasteiger partial charge in [0.05, 0.1) is 11.0 Å². The van der Waals surface area contributed by atoms with Gasteiger partial charge in [-0.1, -0.05) is 18.2 Å². The van der Waals surface area contributed by atoms with Crippen LogP contribution in [-0.4, -0.2) is 37.0 Å². The van der Waals surface area contributed by atoms with E-state index in [2.05, 4.69) is 25.5 Å². The molecule has 0 fully saturated rings. The third-order valence-corrected chi connectivity index (χ3v) is 4.54. The molecule has 0 unspecified atom stereocenters. The van der Waals surface area contributed by atoms with E-state index in [0.717, 1.165) is 29.8 Å². The number of aromatic amines is 1. The fourth-order valence-electron chi connectivity index (χ4n) is 3.09. The van der Waals surface area contributed by atoms with Gasteiger partial charge in [0, 0.05) is 32.0 Å². The number of carbonyl (C=O) groups excluding carboxylic acids is 1. The Kier molecular flexibility index (Phi) is 5.09. The molecule has 1 amide bonds. The summed E-state index contributed by atoms with van der Waals surface area (Å²) in [7, 11) is 0. The number of rotatable bonds is 7. The van der Waals surface area contributed by atoms with Gasteiger partial charge in [0.1, 0.15) is 11.5 Å². The van der Waals surface area contributed by atoms with Crippen molar-refractivity contribution in [1.82, 2.24) is 29.9 Å². The molecule has 0 aliphatic heterocycles. The highest BCUT2D eigenvalue weighted by Crippen LogP contribution is 2.07. The van der Waals surface area contributed by atoms with Crippen LogP contribution < -0.4 is 10.9 Å². The Bertz CT molecular complexity index is 1180. The first-order valence-electron chi connectivity index (χ1n) is 9.24. The lowest BCUT2D eigenvalue weighted by atomic mass is 10.2. The minimum absolute atomic E-state index is 0.0968. The van der Waals surface area contributed by atoms with E-state index in [1.807, 2.05) is 47.0 Å². The molecule has 8 heteroatoms. The van der Waals surface area contributed by atoms with Gasteiger partial charge in [0.15, 0.2) is 5.65 Å². The summed E-state index contributed by atoms with van der Waals surface area (Å²) in [6.07, 6.45) is 3.94. The Labute approximate surface area is 160 Å².